The number of fused-ring (bicyclic) bond motifs is 2. The maximum Gasteiger partial charge on any atom is 0.356 e. The van der Waals surface area contributed by atoms with Crippen LogP contribution in [0.2, 0.25) is 0 Å². The third-order valence-electron chi connectivity index (χ3n) is 4.61. The van der Waals surface area contributed by atoms with Gasteiger partial charge in [-0.1, -0.05) is 11.3 Å². The molecule has 1 aliphatic rings. The van der Waals surface area contributed by atoms with Crippen LogP contribution in [0, 0.1) is 6.92 Å². The van der Waals surface area contributed by atoms with Crippen molar-refractivity contribution in [3.63, 3.8) is 0 Å². The Morgan fingerprint density at radius 3 is 3.04 bits per heavy atom. The van der Waals surface area contributed by atoms with E-state index >= 15 is 0 Å². The highest BCUT2D eigenvalue weighted by Crippen LogP contribution is 2.25. The van der Waals surface area contributed by atoms with Crippen LogP contribution in [0.4, 0.5) is 0 Å². The third-order valence-corrected chi connectivity index (χ3v) is 5.45. The fourth-order valence-corrected chi connectivity index (χ4v) is 4.22. The Bertz CT molecular complexity index is 909. The molecule has 4 rings (SSSR count). The fraction of sp³-hybridized carbons (Fsp3) is 0.500. The molecular formula is C16H20N6O2S. The monoisotopic (exact) mass is 360 g/mol. The van der Waals surface area contributed by atoms with E-state index < -0.39 is 5.97 Å². The summed E-state index contributed by atoms with van der Waals surface area (Å²) in [5.41, 5.74) is 3.10. The van der Waals surface area contributed by atoms with Gasteiger partial charge in [0.25, 0.3) is 0 Å². The zero-order valence-electron chi connectivity index (χ0n) is 14.2. The van der Waals surface area contributed by atoms with Crippen molar-refractivity contribution in [3.05, 3.63) is 33.8 Å². The highest BCUT2D eigenvalue weighted by atomic mass is 32.1. The van der Waals surface area contributed by atoms with Gasteiger partial charge in [0.15, 0.2) is 5.69 Å². The summed E-state index contributed by atoms with van der Waals surface area (Å²) in [4.78, 5) is 16.9. The Morgan fingerprint density at radius 1 is 1.48 bits per heavy atom. The fourth-order valence-electron chi connectivity index (χ4n) is 3.47. The molecule has 1 aliphatic carbocycles. The van der Waals surface area contributed by atoms with E-state index in [0.29, 0.717) is 19.5 Å². The molecule has 0 saturated carbocycles. The number of aromatic nitrogens is 5. The molecule has 3 heterocycles. The summed E-state index contributed by atoms with van der Waals surface area (Å²) in [6, 6.07) is 0.231. The summed E-state index contributed by atoms with van der Waals surface area (Å²) in [5.74, 6) is -0.945. The summed E-state index contributed by atoms with van der Waals surface area (Å²) in [6.07, 6.45) is 4.45. The Hall–Kier alpha value is -2.26. The number of imidazole rings is 1. The molecule has 9 heteroatoms. The molecule has 3 aromatic rings. The van der Waals surface area contributed by atoms with Gasteiger partial charge >= 0.3 is 5.97 Å². The second kappa shape index (κ2) is 6.23. The van der Waals surface area contributed by atoms with Crippen LogP contribution in [0.15, 0.2) is 6.20 Å². The minimum absolute atomic E-state index is 0.200. The number of hydrogen-bond acceptors (Lipinski definition) is 6. The molecule has 0 aromatic carbocycles. The van der Waals surface area contributed by atoms with Crippen molar-refractivity contribution < 1.29 is 9.90 Å². The van der Waals surface area contributed by atoms with Crippen LogP contribution in [-0.2, 0) is 25.9 Å². The molecule has 132 valence electrons. The number of nitrogens with one attached hydrogen (secondary N) is 1. The second-order valence-electron chi connectivity index (χ2n) is 6.30. The summed E-state index contributed by atoms with van der Waals surface area (Å²) in [6.45, 7) is 5.31. The molecule has 0 amide bonds. The molecule has 0 radical (unpaired) electrons. The van der Waals surface area contributed by atoms with Crippen LogP contribution in [0.1, 0.15) is 45.8 Å². The van der Waals surface area contributed by atoms with Gasteiger partial charge in [-0.2, -0.15) is 10.2 Å². The standard InChI is InChI=1S/C16H20N6O2S/c1-3-21-13-5-4-10(6-12(13)14(20-21)15(23)24)17-7-11-8-22-16(18-11)25-9(2)19-22/h8,10,17H,3-7H2,1-2H3,(H,23,24)/t10-/m0/s1. The van der Waals surface area contributed by atoms with Crippen molar-refractivity contribution in [1.82, 2.24) is 29.7 Å². The van der Waals surface area contributed by atoms with Gasteiger partial charge in [-0.3, -0.25) is 4.68 Å². The number of carbonyl (C=O) groups is 1. The maximum atomic E-state index is 11.5. The van der Waals surface area contributed by atoms with Crippen LogP contribution < -0.4 is 5.32 Å². The van der Waals surface area contributed by atoms with E-state index in [-0.39, 0.29) is 11.7 Å². The smallest absolute Gasteiger partial charge is 0.356 e. The zero-order chi connectivity index (χ0) is 17.6. The predicted molar refractivity (Wildman–Crippen MR) is 93.1 cm³/mol. The van der Waals surface area contributed by atoms with Crippen molar-refractivity contribution in [2.45, 2.75) is 52.2 Å². The Labute approximate surface area is 148 Å². The number of hydrogen-bond donors (Lipinski definition) is 2. The third kappa shape index (κ3) is 2.93. The molecule has 0 saturated heterocycles. The number of rotatable bonds is 5. The van der Waals surface area contributed by atoms with Gasteiger partial charge in [0.1, 0.15) is 5.01 Å². The minimum Gasteiger partial charge on any atom is -0.476 e. The van der Waals surface area contributed by atoms with Gasteiger partial charge < -0.3 is 10.4 Å². The van der Waals surface area contributed by atoms with Crippen LogP contribution in [0.3, 0.4) is 0 Å². The molecule has 0 spiro atoms. The summed E-state index contributed by atoms with van der Waals surface area (Å²) in [7, 11) is 0. The summed E-state index contributed by atoms with van der Waals surface area (Å²) < 4.78 is 3.64. The first kappa shape index (κ1) is 16.2. The molecular weight excluding hydrogens is 340 g/mol. The summed E-state index contributed by atoms with van der Waals surface area (Å²) in [5, 5.41) is 22.5. The van der Waals surface area contributed by atoms with Crippen molar-refractivity contribution in [2.24, 2.45) is 0 Å². The van der Waals surface area contributed by atoms with Crippen LogP contribution in [-0.4, -0.2) is 41.5 Å². The largest absolute Gasteiger partial charge is 0.476 e. The van der Waals surface area contributed by atoms with E-state index in [2.05, 4.69) is 20.5 Å². The van der Waals surface area contributed by atoms with Gasteiger partial charge in [-0.05, 0) is 33.1 Å². The highest BCUT2D eigenvalue weighted by molar-refractivity contribution is 7.16. The lowest BCUT2D eigenvalue weighted by atomic mass is 9.91. The first-order valence-electron chi connectivity index (χ1n) is 8.42. The van der Waals surface area contributed by atoms with Crippen molar-refractivity contribution in [3.8, 4) is 0 Å². The molecule has 2 N–H and O–H groups in total. The van der Waals surface area contributed by atoms with Gasteiger partial charge in [0, 0.05) is 30.4 Å². The lowest BCUT2D eigenvalue weighted by Gasteiger charge is -2.24. The maximum absolute atomic E-state index is 11.5. The molecule has 3 aromatic heterocycles. The summed E-state index contributed by atoms with van der Waals surface area (Å²) >= 11 is 1.57. The highest BCUT2D eigenvalue weighted by Gasteiger charge is 2.28. The average molecular weight is 360 g/mol. The molecule has 0 aliphatic heterocycles. The normalized spacial score (nSPS) is 17.1. The SMILES string of the molecule is CCn1nc(C(=O)O)c2c1CC[C@H](NCc1cn3nc(C)sc3n1)C2. The predicted octanol–water partition coefficient (Wildman–Crippen LogP) is 1.66. The number of carboxylic acid groups (broad SMARTS) is 1. The number of aromatic carboxylic acids is 1. The first-order chi connectivity index (χ1) is 12.0. The van der Waals surface area contributed by atoms with Gasteiger partial charge in [-0.25, -0.2) is 14.3 Å². The van der Waals surface area contributed by atoms with Gasteiger partial charge in [-0.15, -0.1) is 0 Å². The van der Waals surface area contributed by atoms with Crippen LogP contribution in [0.5, 0.6) is 0 Å². The van der Waals surface area contributed by atoms with E-state index in [9.17, 15) is 9.90 Å². The second-order valence-corrected chi connectivity index (χ2v) is 7.46. The van der Waals surface area contributed by atoms with Crippen molar-refractivity contribution in [2.75, 3.05) is 0 Å². The number of aryl methyl sites for hydroxylation is 2. The topological polar surface area (TPSA) is 97.3 Å². The Kier molecular flexibility index (Phi) is 4.04. The Balaban J connectivity index is 1.47. The van der Waals surface area contributed by atoms with Crippen molar-refractivity contribution >= 4 is 22.3 Å². The Morgan fingerprint density at radius 2 is 2.32 bits per heavy atom. The molecule has 1 atom stereocenters. The molecule has 25 heavy (non-hydrogen) atoms. The molecule has 0 bridgehead atoms. The van der Waals surface area contributed by atoms with E-state index in [1.54, 1.807) is 11.3 Å². The minimum atomic E-state index is -0.945. The van der Waals surface area contributed by atoms with Gasteiger partial charge in [0.2, 0.25) is 4.96 Å². The molecule has 8 nitrogen and oxygen atoms in total. The van der Waals surface area contributed by atoms with E-state index in [1.807, 2.05) is 29.2 Å². The quantitative estimate of drug-likeness (QED) is 0.718. The first-order valence-corrected chi connectivity index (χ1v) is 9.23. The lowest BCUT2D eigenvalue weighted by molar-refractivity contribution is 0.0688. The molecule has 0 unspecified atom stereocenters. The average Bonchev–Trinajstić information content (AvgIpc) is 3.22. The van der Waals surface area contributed by atoms with E-state index in [1.165, 1.54) is 0 Å². The van der Waals surface area contributed by atoms with Gasteiger partial charge in [0.05, 0.1) is 11.9 Å². The van der Waals surface area contributed by atoms with E-state index in [4.69, 9.17) is 0 Å². The van der Waals surface area contributed by atoms with E-state index in [0.717, 1.165) is 39.8 Å². The van der Waals surface area contributed by atoms with Crippen LogP contribution in [0.25, 0.3) is 4.96 Å². The van der Waals surface area contributed by atoms with Crippen LogP contribution >= 0.6 is 11.3 Å². The molecule has 0 fully saturated rings. The number of carboxylic acids is 1. The zero-order valence-corrected chi connectivity index (χ0v) is 15.0. The lowest BCUT2D eigenvalue weighted by Crippen LogP contribution is -2.34. The number of nitrogens with zero attached hydrogens (tertiary/aromatic N) is 5. The van der Waals surface area contributed by atoms with Crippen molar-refractivity contribution in [1.29, 1.82) is 0 Å².